The first-order chi connectivity index (χ1) is 7.93. The zero-order valence-corrected chi connectivity index (χ0v) is 10.3. The normalized spacial score (nSPS) is 12.9. The molecule has 0 aromatic heterocycles. The fourth-order valence-electron chi connectivity index (χ4n) is 1.51. The van der Waals surface area contributed by atoms with E-state index in [1.165, 1.54) is 12.1 Å². The molecule has 0 nitrogen and oxygen atoms in total. The van der Waals surface area contributed by atoms with E-state index in [9.17, 15) is 13.2 Å². The van der Waals surface area contributed by atoms with E-state index in [4.69, 9.17) is 11.6 Å². The van der Waals surface area contributed by atoms with Crippen LogP contribution in [-0.2, 0) is 12.6 Å². The molecule has 17 heavy (non-hydrogen) atoms. The summed E-state index contributed by atoms with van der Waals surface area (Å²) in [5.74, 6) is 0.560. The number of rotatable bonds is 4. The van der Waals surface area contributed by atoms with Crippen LogP contribution in [0, 0.1) is 0 Å². The number of hydrogen-bond acceptors (Lipinski definition) is 0. The molecule has 1 aromatic carbocycles. The van der Waals surface area contributed by atoms with E-state index in [1.807, 2.05) is 13.0 Å². The van der Waals surface area contributed by atoms with E-state index in [0.717, 1.165) is 29.7 Å². The van der Waals surface area contributed by atoms with E-state index >= 15 is 0 Å². The maximum Gasteiger partial charge on any atom is 0.416 e. The van der Waals surface area contributed by atoms with Crippen LogP contribution in [-0.4, -0.2) is 5.88 Å². The number of hydrogen-bond donors (Lipinski definition) is 0. The fourth-order valence-corrected chi connectivity index (χ4v) is 1.62. The molecule has 4 heteroatoms. The van der Waals surface area contributed by atoms with Gasteiger partial charge in [-0.15, -0.1) is 11.6 Å². The van der Waals surface area contributed by atoms with Crippen molar-refractivity contribution in [2.45, 2.75) is 25.9 Å². The molecule has 0 aliphatic rings. The predicted molar refractivity (Wildman–Crippen MR) is 64.2 cm³/mol. The highest BCUT2D eigenvalue weighted by Gasteiger charge is 2.29. The third-order valence-corrected chi connectivity index (χ3v) is 2.58. The zero-order valence-electron chi connectivity index (χ0n) is 9.52. The number of allylic oxidation sites excluding steroid dienone is 2. The average Bonchev–Trinajstić information content (AvgIpc) is 2.26. The van der Waals surface area contributed by atoms with Crippen molar-refractivity contribution < 1.29 is 13.2 Å². The smallest absolute Gasteiger partial charge is 0.166 e. The molecule has 0 saturated heterocycles. The van der Waals surface area contributed by atoms with Crippen molar-refractivity contribution >= 4 is 11.6 Å². The van der Waals surface area contributed by atoms with Crippen LogP contribution < -0.4 is 0 Å². The summed E-state index contributed by atoms with van der Waals surface area (Å²) >= 11 is 5.55. The molecule has 1 aromatic rings. The lowest BCUT2D eigenvalue weighted by Gasteiger charge is -2.07. The standard InChI is InChI=1S/C13H14ClF3/c1-10(3-2-8-14)9-11-4-6-12(7-5-11)13(15,16)17/h3-7H,2,8-9H2,1H3. The summed E-state index contributed by atoms with van der Waals surface area (Å²) in [5, 5.41) is 0. The van der Waals surface area contributed by atoms with Gasteiger partial charge in [-0.3, -0.25) is 0 Å². The summed E-state index contributed by atoms with van der Waals surface area (Å²) in [5.41, 5.74) is 1.38. The second-order valence-electron chi connectivity index (χ2n) is 3.90. The van der Waals surface area contributed by atoms with E-state index in [2.05, 4.69) is 0 Å². The second kappa shape index (κ2) is 6.10. The molecule has 0 aliphatic heterocycles. The molecule has 0 fully saturated rings. The Bertz CT molecular complexity index is 377. The second-order valence-corrected chi connectivity index (χ2v) is 4.28. The van der Waals surface area contributed by atoms with Crippen molar-refractivity contribution in [1.29, 1.82) is 0 Å². The largest absolute Gasteiger partial charge is 0.416 e. The van der Waals surface area contributed by atoms with Crippen molar-refractivity contribution in [3.63, 3.8) is 0 Å². The fraction of sp³-hybridized carbons (Fsp3) is 0.385. The van der Waals surface area contributed by atoms with Crippen molar-refractivity contribution in [3.05, 3.63) is 47.0 Å². The lowest BCUT2D eigenvalue weighted by atomic mass is 10.0. The summed E-state index contributed by atoms with van der Waals surface area (Å²) in [6, 6.07) is 5.26. The summed E-state index contributed by atoms with van der Waals surface area (Å²) in [6.07, 6.45) is -0.810. The van der Waals surface area contributed by atoms with Gasteiger partial charge < -0.3 is 0 Å². The van der Waals surface area contributed by atoms with Crippen LogP contribution in [0.1, 0.15) is 24.5 Å². The van der Waals surface area contributed by atoms with Crippen molar-refractivity contribution in [2.75, 3.05) is 5.88 Å². The molecule has 0 amide bonds. The van der Waals surface area contributed by atoms with Gasteiger partial charge in [0.15, 0.2) is 0 Å². The summed E-state index contributed by atoms with van der Waals surface area (Å²) in [6.45, 7) is 1.95. The molecule has 94 valence electrons. The van der Waals surface area contributed by atoms with Gasteiger partial charge in [-0.05, 0) is 37.5 Å². The molecule has 0 aliphatic carbocycles. The zero-order chi connectivity index (χ0) is 12.9. The van der Waals surface area contributed by atoms with Gasteiger partial charge in [-0.25, -0.2) is 0 Å². The van der Waals surface area contributed by atoms with Crippen LogP contribution >= 0.6 is 11.6 Å². The van der Waals surface area contributed by atoms with E-state index < -0.39 is 11.7 Å². The topological polar surface area (TPSA) is 0 Å². The SMILES string of the molecule is CC(=CCCCl)Cc1ccc(C(F)(F)F)cc1. The molecule has 0 saturated carbocycles. The van der Waals surface area contributed by atoms with Gasteiger partial charge >= 0.3 is 6.18 Å². The van der Waals surface area contributed by atoms with Crippen LogP contribution in [0.2, 0.25) is 0 Å². The van der Waals surface area contributed by atoms with Gasteiger partial charge in [-0.1, -0.05) is 23.8 Å². The highest BCUT2D eigenvalue weighted by molar-refractivity contribution is 6.17. The molecule has 1 rings (SSSR count). The van der Waals surface area contributed by atoms with Crippen LogP contribution in [0.15, 0.2) is 35.9 Å². The first-order valence-corrected chi connectivity index (χ1v) is 5.84. The molecule has 0 unspecified atom stereocenters. The van der Waals surface area contributed by atoms with Gasteiger partial charge in [0.2, 0.25) is 0 Å². The van der Waals surface area contributed by atoms with Crippen LogP contribution in [0.3, 0.4) is 0 Å². The molecule has 0 atom stereocenters. The Morgan fingerprint density at radius 2 is 1.82 bits per heavy atom. The van der Waals surface area contributed by atoms with Crippen molar-refractivity contribution in [3.8, 4) is 0 Å². The van der Waals surface area contributed by atoms with Crippen molar-refractivity contribution in [1.82, 2.24) is 0 Å². The van der Waals surface area contributed by atoms with Crippen LogP contribution in [0.25, 0.3) is 0 Å². The Morgan fingerprint density at radius 3 is 2.29 bits per heavy atom. The molecular weight excluding hydrogens is 249 g/mol. The van der Waals surface area contributed by atoms with Gasteiger partial charge in [-0.2, -0.15) is 13.2 Å². The highest BCUT2D eigenvalue weighted by Crippen LogP contribution is 2.29. The third-order valence-electron chi connectivity index (χ3n) is 2.37. The first kappa shape index (κ1) is 14.1. The molecule has 0 heterocycles. The highest BCUT2D eigenvalue weighted by atomic mass is 35.5. The minimum absolute atomic E-state index is 0.560. The average molecular weight is 263 g/mol. The molecule has 0 bridgehead atoms. The lowest BCUT2D eigenvalue weighted by molar-refractivity contribution is -0.137. The van der Waals surface area contributed by atoms with E-state index in [1.54, 1.807) is 0 Å². The molecule has 0 radical (unpaired) electrons. The van der Waals surface area contributed by atoms with E-state index in [0.29, 0.717) is 12.3 Å². The first-order valence-electron chi connectivity index (χ1n) is 5.31. The van der Waals surface area contributed by atoms with Gasteiger partial charge in [0, 0.05) is 5.88 Å². The maximum absolute atomic E-state index is 12.3. The number of benzene rings is 1. The Morgan fingerprint density at radius 1 is 1.24 bits per heavy atom. The quantitative estimate of drug-likeness (QED) is 0.539. The third kappa shape index (κ3) is 4.82. The van der Waals surface area contributed by atoms with Gasteiger partial charge in [0.1, 0.15) is 0 Å². The van der Waals surface area contributed by atoms with Crippen LogP contribution in [0.5, 0.6) is 0 Å². The summed E-state index contributed by atoms with van der Waals surface area (Å²) in [7, 11) is 0. The minimum Gasteiger partial charge on any atom is -0.166 e. The minimum atomic E-state index is -4.26. The number of alkyl halides is 4. The monoisotopic (exact) mass is 262 g/mol. The molecular formula is C13H14ClF3. The van der Waals surface area contributed by atoms with E-state index in [-0.39, 0.29) is 0 Å². The predicted octanol–water partition coefficient (Wildman–Crippen LogP) is 4.82. The molecule has 0 spiro atoms. The Labute approximate surface area is 104 Å². The van der Waals surface area contributed by atoms with Gasteiger partial charge in [0.05, 0.1) is 5.56 Å². The summed E-state index contributed by atoms with van der Waals surface area (Å²) in [4.78, 5) is 0. The maximum atomic E-state index is 12.3. The Kier molecular flexibility index (Phi) is 5.06. The Hall–Kier alpha value is -0.960. The Balaban J connectivity index is 2.69. The number of halogens is 4. The van der Waals surface area contributed by atoms with Crippen LogP contribution in [0.4, 0.5) is 13.2 Å². The van der Waals surface area contributed by atoms with Crippen molar-refractivity contribution in [2.24, 2.45) is 0 Å². The lowest BCUT2D eigenvalue weighted by Crippen LogP contribution is -2.04. The van der Waals surface area contributed by atoms with Gasteiger partial charge in [0.25, 0.3) is 0 Å². The summed E-state index contributed by atoms with van der Waals surface area (Å²) < 4.78 is 37.0. The molecule has 0 N–H and O–H groups in total.